The van der Waals surface area contributed by atoms with Crippen LogP contribution in [-0.2, 0) is 4.74 Å². The van der Waals surface area contributed by atoms with Crippen molar-refractivity contribution in [2.24, 2.45) is 0 Å². The van der Waals surface area contributed by atoms with Crippen molar-refractivity contribution >= 4 is 48.0 Å². The molecule has 1 fully saturated rings. The third-order valence-corrected chi connectivity index (χ3v) is 12.9. The van der Waals surface area contributed by atoms with Crippen molar-refractivity contribution in [2.45, 2.75) is 127 Å². The average molecular weight is 633 g/mol. The molecular formula is C29H50N6O2Sn. The van der Waals surface area contributed by atoms with Crippen molar-refractivity contribution in [3.8, 4) is 0 Å². The molecule has 1 aliphatic heterocycles. The summed E-state index contributed by atoms with van der Waals surface area (Å²) in [6, 6.07) is 2.40. The van der Waals surface area contributed by atoms with Crippen LogP contribution in [0.4, 0.5) is 16.3 Å². The van der Waals surface area contributed by atoms with E-state index < -0.39 is 26.7 Å². The Morgan fingerprint density at radius 2 is 1.76 bits per heavy atom. The third-order valence-electron chi connectivity index (χ3n) is 7.47. The van der Waals surface area contributed by atoms with Crippen molar-refractivity contribution < 1.29 is 9.53 Å². The van der Waals surface area contributed by atoms with Gasteiger partial charge in [-0.3, -0.25) is 0 Å². The number of hydrogen-bond donors (Lipinski definition) is 2. The van der Waals surface area contributed by atoms with Crippen LogP contribution in [-0.4, -0.2) is 66.6 Å². The van der Waals surface area contributed by atoms with Gasteiger partial charge >= 0.3 is 241 Å². The van der Waals surface area contributed by atoms with Crippen molar-refractivity contribution in [3.05, 3.63) is 12.4 Å². The molecule has 0 aliphatic carbocycles. The molecule has 0 unspecified atom stereocenters. The predicted octanol–water partition coefficient (Wildman–Crippen LogP) is 5.86. The number of alkyl carbamates (subject to hydrolysis) is 1. The molecule has 0 bridgehead atoms. The van der Waals surface area contributed by atoms with Crippen LogP contribution >= 0.6 is 0 Å². The monoisotopic (exact) mass is 634 g/mol. The Labute approximate surface area is 240 Å². The zero-order valence-corrected chi connectivity index (χ0v) is 27.5. The van der Waals surface area contributed by atoms with Crippen molar-refractivity contribution in [2.75, 3.05) is 23.7 Å². The molecule has 1 atom stereocenters. The van der Waals surface area contributed by atoms with Crippen LogP contribution in [0.15, 0.2) is 12.4 Å². The van der Waals surface area contributed by atoms with Gasteiger partial charge in [-0.2, -0.15) is 0 Å². The van der Waals surface area contributed by atoms with E-state index in [-0.39, 0.29) is 12.1 Å². The van der Waals surface area contributed by atoms with Gasteiger partial charge in [-0.05, 0) is 0 Å². The Balaban J connectivity index is 1.92. The molecule has 9 heteroatoms. The van der Waals surface area contributed by atoms with Crippen molar-refractivity contribution in [1.29, 1.82) is 0 Å². The van der Waals surface area contributed by atoms with Crippen molar-refractivity contribution in [1.82, 2.24) is 19.9 Å². The number of nitrogens with one attached hydrogen (secondary N) is 1. The summed E-state index contributed by atoms with van der Waals surface area (Å²) in [6.07, 6.45) is 14.8. The molecule has 1 amide bonds. The minimum absolute atomic E-state index is 0.0283. The number of nitrogens with zero attached hydrogens (tertiary/aromatic N) is 4. The standard InChI is InChI=1S/C16H23N6O2.C13H27.Sn/c1-16(2,3)24-15(23)20-11-5-4-7-21(9-11)12-6-8-22-13(12)14(17)18-10-19-22;1-4-7-10-13(11-8-5-2)12-9-6-3;/h6,10-11H,4-5,7,9H2,1-3H3,(H,20,23)(H2,17,18,19);4-12H2,1-3H3;/t11-;;/m1../s1. The third kappa shape index (κ3) is 8.39. The summed E-state index contributed by atoms with van der Waals surface area (Å²) >= 11 is -1.04. The second-order valence-electron chi connectivity index (χ2n) is 12.0. The topological polar surface area (TPSA) is 97.8 Å². The number of amides is 1. The Hall–Kier alpha value is -1.71. The molecule has 3 N–H and O–H groups in total. The van der Waals surface area contributed by atoms with E-state index >= 15 is 0 Å². The zero-order valence-electron chi connectivity index (χ0n) is 24.6. The number of ether oxygens (including phenoxy) is 1. The normalized spacial score (nSPS) is 16.7. The predicted molar refractivity (Wildman–Crippen MR) is 159 cm³/mol. The van der Waals surface area contributed by atoms with Gasteiger partial charge in [0.15, 0.2) is 0 Å². The maximum atomic E-state index is 12.5. The summed E-state index contributed by atoms with van der Waals surface area (Å²) in [5.41, 5.74) is 8.03. The Bertz CT molecular complexity index is 1010. The Morgan fingerprint density at radius 1 is 1.13 bits per heavy atom. The number of nitrogens with two attached hydrogens (primary N) is 1. The van der Waals surface area contributed by atoms with Gasteiger partial charge < -0.3 is 0 Å². The fourth-order valence-electron chi connectivity index (χ4n) is 5.55. The average Bonchev–Trinajstić information content (AvgIpc) is 3.23. The molecule has 38 heavy (non-hydrogen) atoms. The molecule has 1 aliphatic rings. The van der Waals surface area contributed by atoms with E-state index in [2.05, 4.69) is 46.6 Å². The van der Waals surface area contributed by atoms with Gasteiger partial charge in [0.1, 0.15) is 0 Å². The second kappa shape index (κ2) is 14.1. The number of unbranched alkanes of at least 4 members (excludes halogenated alkanes) is 3. The van der Waals surface area contributed by atoms with Crippen LogP contribution in [0.1, 0.15) is 112 Å². The molecule has 2 aromatic heterocycles. The first-order valence-electron chi connectivity index (χ1n) is 14.8. The SMILES string of the molecule is CCCC[C](CCCC)(CCCC)[Sn][c]1cc(N2CCC[C@@H](NC(=O)OC(C)(C)C)C2)c2c(N)ncnn12. The van der Waals surface area contributed by atoms with Crippen LogP contribution in [0.3, 0.4) is 0 Å². The van der Waals surface area contributed by atoms with Crippen LogP contribution in [0, 0.1) is 0 Å². The quantitative estimate of drug-likeness (QED) is 0.268. The van der Waals surface area contributed by atoms with Gasteiger partial charge in [-0.25, -0.2) is 0 Å². The van der Waals surface area contributed by atoms with Gasteiger partial charge in [0.25, 0.3) is 0 Å². The van der Waals surface area contributed by atoms with Gasteiger partial charge in [0.2, 0.25) is 0 Å². The second-order valence-corrected chi connectivity index (χ2v) is 17.2. The number of piperidine rings is 1. The molecule has 2 aromatic rings. The first-order chi connectivity index (χ1) is 18.1. The van der Waals surface area contributed by atoms with Gasteiger partial charge in [0, 0.05) is 0 Å². The van der Waals surface area contributed by atoms with E-state index in [9.17, 15) is 4.79 Å². The zero-order chi connectivity index (χ0) is 27.8. The molecule has 2 radical (unpaired) electrons. The molecule has 0 aromatic carbocycles. The summed E-state index contributed by atoms with van der Waals surface area (Å²) in [6.45, 7) is 14.3. The van der Waals surface area contributed by atoms with Gasteiger partial charge in [0.05, 0.1) is 0 Å². The molecule has 0 spiro atoms. The molecule has 3 rings (SSSR count). The Kier molecular flexibility index (Phi) is 11.4. The van der Waals surface area contributed by atoms with E-state index in [0.29, 0.717) is 9.25 Å². The molecule has 8 nitrogen and oxygen atoms in total. The van der Waals surface area contributed by atoms with Gasteiger partial charge in [-0.1, -0.05) is 0 Å². The number of rotatable bonds is 13. The van der Waals surface area contributed by atoms with Crippen LogP contribution in [0.25, 0.3) is 5.52 Å². The van der Waals surface area contributed by atoms with E-state index in [0.717, 1.165) is 37.1 Å². The number of hydrogen-bond acceptors (Lipinski definition) is 6. The van der Waals surface area contributed by atoms with Crippen LogP contribution in [0.2, 0.25) is 3.43 Å². The van der Waals surface area contributed by atoms with E-state index in [1.165, 1.54) is 61.5 Å². The number of aromatic nitrogens is 3. The van der Waals surface area contributed by atoms with Crippen molar-refractivity contribution in [3.63, 3.8) is 0 Å². The summed E-state index contributed by atoms with van der Waals surface area (Å²) in [5, 5.41) is 7.83. The minimum atomic E-state index is -1.04. The van der Waals surface area contributed by atoms with Gasteiger partial charge in [-0.15, -0.1) is 0 Å². The molecule has 1 saturated heterocycles. The molecular weight excluding hydrogens is 583 g/mol. The Morgan fingerprint density at radius 3 is 2.34 bits per heavy atom. The molecule has 212 valence electrons. The summed E-state index contributed by atoms with van der Waals surface area (Å²) in [5.74, 6) is 0.532. The molecule has 0 saturated carbocycles. The summed E-state index contributed by atoms with van der Waals surface area (Å²) < 4.78 is 9.47. The number of carbonyl (C=O) groups excluding carboxylic acids is 1. The number of carbonyl (C=O) groups is 1. The summed E-state index contributed by atoms with van der Waals surface area (Å²) in [7, 11) is 0. The van der Waals surface area contributed by atoms with E-state index in [4.69, 9.17) is 15.6 Å². The number of anilines is 2. The first kappa shape index (κ1) is 30.8. The number of nitrogen functional groups attached to an aromatic ring is 1. The molecule has 3 heterocycles. The van der Waals surface area contributed by atoms with E-state index in [1.54, 1.807) is 6.33 Å². The fraction of sp³-hybridized carbons (Fsp3) is 0.759. The van der Waals surface area contributed by atoms with Crippen LogP contribution in [0.5, 0.6) is 0 Å². The summed E-state index contributed by atoms with van der Waals surface area (Å²) in [4.78, 5) is 19.2. The maximum absolute atomic E-state index is 12.5. The fourth-order valence-corrected chi connectivity index (χ4v) is 11.1. The first-order valence-corrected chi connectivity index (χ1v) is 17.6. The number of fused-ring (bicyclic) bond motifs is 1. The van der Waals surface area contributed by atoms with E-state index in [1.807, 2.05) is 20.8 Å². The van der Waals surface area contributed by atoms with Crippen LogP contribution < -0.4 is 19.7 Å².